The number of carbonyl (C=O) groups is 1. The molecule has 0 radical (unpaired) electrons. The maximum atomic E-state index is 12.0. The van der Waals surface area contributed by atoms with Crippen molar-refractivity contribution in [3.63, 3.8) is 0 Å². The zero-order chi connectivity index (χ0) is 23.9. The number of anilines is 1. The molecule has 0 spiro atoms. The number of hydrogen-bond acceptors (Lipinski definition) is 4. The van der Waals surface area contributed by atoms with Gasteiger partial charge in [0.2, 0.25) is 0 Å². The highest BCUT2D eigenvalue weighted by atomic mass is 79.9. The first kappa shape index (κ1) is 24.4. The number of halogens is 3. The monoisotopic (exact) mass is 643 g/mol. The van der Waals surface area contributed by atoms with E-state index in [2.05, 4.69) is 87.9 Å². The Balaban J connectivity index is 1.34. The van der Waals surface area contributed by atoms with Crippen molar-refractivity contribution in [1.29, 1.82) is 0 Å². The summed E-state index contributed by atoms with van der Waals surface area (Å²) < 4.78 is 8.67. The molecule has 0 bridgehead atoms. The summed E-state index contributed by atoms with van der Waals surface area (Å²) in [5.41, 5.74) is 5.30. The largest absolute Gasteiger partial charge is 0.487 e. The minimum Gasteiger partial charge on any atom is -0.487 e. The van der Waals surface area contributed by atoms with Gasteiger partial charge < -0.3 is 10.1 Å². The average molecular weight is 646 g/mol. The number of nitrogens with zero attached hydrogens (tertiary/aromatic N) is 1. The Morgan fingerprint density at radius 1 is 0.912 bits per heavy atom. The fourth-order valence-corrected chi connectivity index (χ4v) is 5.04. The third kappa shape index (κ3) is 6.46. The van der Waals surface area contributed by atoms with E-state index in [0.717, 1.165) is 30.2 Å². The van der Waals surface area contributed by atoms with Crippen molar-refractivity contribution in [2.24, 2.45) is 5.10 Å². The highest BCUT2D eigenvalue weighted by Gasteiger charge is 2.10. The molecule has 4 rings (SSSR count). The lowest BCUT2D eigenvalue weighted by Gasteiger charge is -2.13. The van der Waals surface area contributed by atoms with Crippen LogP contribution in [0.4, 0.5) is 5.69 Å². The maximum Gasteiger partial charge on any atom is 0.259 e. The smallest absolute Gasteiger partial charge is 0.259 e. The summed E-state index contributed by atoms with van der Waals surface area (Å²) in [5, 5.41) is 9.45. The lowest BCUT2D eigenvalue weighted by atomic mass is 10.1. The van der Waals surface area contributed by atoms with Crippen LogP contribution in [0.25, 0.3) is 10.8 Å². The van der Waals surface area contributed by atoms with E-state index < -0.39 is 0 Å². The van der Waals surface area contributed by atoms with Crippen molar-refractivity contribution >= 4 is 76.4 Å². The van der Waals surface area contributed by atoms with Gasteiger partial charge in [0, 0.05) is 10.2 Å². The van der Waals surface area contributed by atoms with E-state index in [1.54, 1.807) is 6.21 Å². The van der Waals surface area contributed by atoms with E-state index in [-0.39, 0.29) is 12.5 Å². The van der Waals surface area contributed by atoms with Crippen LogP contribution in [0.2, 0.25) is 0 Å². The molecule has 0 fully saturated rings. The molecule has 4 aromatic carbocycles. The lowest BCUT2D eigenvalue weighted by Crippen LogP contribution is -2.25. The topological polar surface area (TPSA) is 62.7 Å². The first-order valence-electron chi connectivity index (χ1n) is 10.4. The highest BCUT2D eigenvalue weighted by Crippen LogP contribution is 2.35. The summed E-state index contributed by atoms with van der Waals surface area (Å²) in [4.78, 5) is 12.0. The standard InChI is InChI=1S/C26H20Br3N3O2/c27-20-8-10-21(11-9-20)30-15-25(33)32-31-14-17-12-23(28)26(24(29)13-17)34-16-19-6-3-5-18-4-1-2-7-22(18)19/h1-14,30H,15-16H2,(H,32,33)/b31-14-. The summed E-state index contributed by atoms with van der Waals surface area (Å²) >= 11 is 10.5. The lowest BCUT2D eigenvalue weighted by molar-refractivity contribution is -0.119. The summed E-state index contributed by atoms with van der Waals surface area (Å²) in [6.07, 6.45) is 1.58. The Hall–Kier alpha value is -2.68. The zero-order valence-electron chi connectivity index (χ0n) is 17.9. The molecule has 34 heavy (non-hydrogen) atoms. The number of amides is 1. The molecule has 0 saturated carbocycles. The van der Waals surface area contributed by atoms with E-state index in [9.17, 15) is 4.79 Å². The normalized spacial score (nSPS) is 11.0. The Morgan fingerprint density at radius 2 is 1.62 bits per heavy atom. The summed E-state index contributed by atoms with van der Waals surface area (Å²) in [6.45, 7) is 0.556. The van der Waals surface area contributed by atoms with Crippen LogP contribution in [0.3, 0.4) is 0 Å². The van der Waals surface area contributed by atoms with E-state index in [4.69, 9.17) is 4.74 Å². The number of carbonyl (C=O) groups excluding carboxylic acids is 1. The number of fused-ring (bicyclic) bond motifs is 1. The SMILES string of the molecule is O=C(CNc1ccc(Br)cc1)N/N=C\c1cc(Br)c(OCc2cccc3ccccc23)c(Br)c1. The quantitative estimate of drug-likeness (QED) is 0.157. The average Bonchev–Trinajstić information content (AvgIpc) is 2.83. The summed E-state index contributed by atoms with van der Waals surface area (Å²) in [7, 11) is 0. The second kappa shape index (κ2) is 11.6. The molecule has 5 nitrogen and oxygen atoms in total. The molecule has 4 aromatic rings. The Bertz CT molecular complexity index is 1310. The van der Waals surface area contributed by atoms with Crippen molar-refractivity contribution in [3.05, 3.63) is 103 Å². The van der Waals surface area contributed by atoms with Crippen LogP contribution in [-0.2, 0) is 11.4 Å². The van der Waals surface area contributed by atoms with Crippen LogP contribution in [0, 0.1) is 0 Å². The number of hydrogen-bond donors (Lipinski definition) is 2. The van der Waals surface area contributed by atoms with E-state index in [0.29, 0.717) is 12.4 Å². The van der Waals surface area contributed by atoms with Crippen LogP contribution in [0.15, 0.2) is 97.4 Å². The molecule has 0 atom stereocenters. The molecular weight excluding hydrogens is 626 g/mol. The van der Waals surface area contributed by atoms with Gasteiger partial charge in [-0.15, -0.1) is 0 Å². The minimum atomic E-state index is -0.243. The summed E-state index contributed by atoms with van der Waals surface area (Å²) in [5.74, 6) is 0.458. The maximum absolute atomic E-state index is 12.0. The fourth-order valence-electron chi connectivity index (χ4n) is 3.33. The van der Waals surface area contributed by atoms with Gasteiger partial charge in [-0.3, -0.25) is 4.79 Å². The van der Waals surface area contributed by atoms with Crippen LogP contribution in [0.5, 0.6) is 5.75 Å². The van der Waals surface area contributed by atoms with Gasteiger partial charge in [-0.25, -0.2) is 5.43 Å². The van der Waals surface area contributed by atoms with E-state index in [1.807, 2.05) is 54.6 Å². The Labute approximate surface area is 223 Å². The van der Waals surface area contributed by atoms with Gasteiger partial charge in [-0.1, -0.05) is 58.4 Å². The minimum absolute atomic E-state index is 0.118. The molecule has 0 aliphatic carbocycles. The van der Waals surface area contributed by atoms with Gasteiger partial charge in [0.05, 0.1) is 21.7 Å². The number of ether oxygens (including phenoxy) is 1. The molecule has 8 heteroatoms. The van der Waals surface area contributed by atoms with Crippen molar-refractivity contribution in [3.8, 4) is 5.75 Å². The van der Waals surface area contributed by atoms with Crippen LogP contribution in [-0.4, -0.2) is 18.7 Å². The number of nitrogens with one attached hydrogen (secondary N) is 2. The van der Waals surface area contributed by atoms with Gasteiger partial charge in [0.25, 0.3) is 5.91 Å². The Morgan fingerprint density at radius 3 is 2.38 bits per heavy atom. The van der Waals surface area contributed by atoms with Crippen molar-refractivity contribution in [2.75, 3.05) is 11.9 Å². The number of rotatable bonds is 8. The van der Waals surface area contributed by atoms with Gasteiger partial charge in [-0.2, -0.15) is 5.10 Å². The molecule has 2 N–H and O–H groups in total. The fraction of sp³-hybridized carbons (Fsp3) is 0.0769. The molecule has 0 unspecified atom stereocenters. The van der Waals surface area contributed by atoms with Gasteiger partial charge in [0.15, 0.2) is 0 Å². The Kier molecular flexibility index (Phi) is 8.37. The predicted octanol–water partition coefficient (Wildman–Crippen LogP) is 7.27. The van der Waals surface area contributed by atoms with Crippen molar-refractivity contribution in [1.82, 2.24) is 5.43 Å². The second-order valence-corrected chi connectivity index (χ2v) is 10.0. The van der Waals surface area contributed by atoms with Gasteiger partial charge >= 0.3 is 0 Å². The first-order valence-corrected chi connectivity index (χ1v) is 12.8. The molecular formula is C26H20Br3N3O2. The summed E-state index contributed by atoms with van der Waals surface area (Å²) in [6, 6.07) is 25.8. The van der Waals surface area contributed by atoms with Gasteiger partial charge in [-0.05, 0) is 90.2 Å². The van der Waals surface area contributed by atoms with Crippen molar-refractivity contribution < 1.29 is 9.53 Å². The highest BCUT2D eigenvalue weighted by molar-refractivity contribution is 9.11. The third-order valence-electron chi connectivity index (χ3n) is 4.97. The van der Waals surface area contributed by atoms with Crippen molar-refractivity contribution in [2.45, 2.75) is 6.61 Å². The molecule has 0 aliphatic heterocycles. The molecule has 0 saturated heterocycles. The number of benzene rings is 4. The van der Waals surface area contributed by atoms with E-state index in [1.165, 1.54) is 10.8 Å². The first-order chi connectivity index (χ1) is 16.5. The zero-order valence-corrected chi connectivity index (χ0v) is 22.7. The molecule has 0 aliphatic rings. The number of hydrazone groups is 1. The third-order valence-corrected chi connectivity index (χ3v) is 6.68. The molecule has 1 amide bonds. The predicted molar refractivity (Wildman–Crippen MR) is 148 cm³/mol. The van der Waals surface area contributed by atoms with Crippen LogP contribution < -0.4 is 15.5 Å². The molecule has 172 valence electrons. The van der Waals surface area contributed by atoms with Crippen LogP contribution >= 0.6 is 47.8 Å². The molecule has 0 aromatic heterocycles. The van der Waals surface area contributed by atoms with Crippen LogP contribution in [0.1, 0.15) is 11.1 Å². The molecule has 0 heterocycles. The van der Waals surface area contributed by atoms with Gasteiger partial charge in [0.1, 0.15) is 12.4 Å². The van der Waals surface area contributed by atoms with E-state index >= 15 is 0 Å². The second-order valence-electron chi connectivity index (χ2n) is 7.39.